The molecule has 0 unspecified atom stereocenters. The Balaban J connectivity index is 1.94. The molecule has 3 rings (SSSR count). The molecule has 0 aliphatic carbocycles. The van der Waals surface area contributed by atoms with E-state index < -0.39 is 6.61 Å². The average molecular weight is 332 g/mol. The number of alkyl halides is 2. The summed E-state index contributed by atoms with van der Waals surface area (Å²) in [7, 11) is 0. The summed E-state index contributed by atoms with van der Waals surface area (Å²) >= 11 is 0. The molecule has 2 aromatic rings. The topological polar surface area (TPSA) is 55.6 Å². The molecule has 4 nitrogen and oxygen atoms in total. The van der Waals surface area contributed by atoms with Crippen LogP contribution in [-0.4, -0.2) is 19.1 Å². The van der Waals surface area contributed by atoms with E-state index in [4.69, 9.17) is 5.73 Å². The van der Waals surface area contributed by atoms with Crippen LogP contribution in [0.4, 0.5) is 20.2 Å². The van der Waals surface area contributed by atoms with Crippen LogP contribution in [0.2, 0.25) is 0 Å². The standard InChI is InChI=1S/C18H18F2N2O2/c1-11-4-5-13(21)10-15(11)17(23)22-8-2-3-12-9-14(24-18(19)20)6-7-16(12)22/h4-7,9-10,18H,2-3,8,21H2,1H3. The number of nitrogens with zero attached hydrogens (tertiary/aromatic N) is 1. The van der Waals surface area contributed by atoms with Crippen LogP contribution in [0.5, 0.6) is 5.75 Å². The lowest BCUT2D eigenvalue weighted by Gasteiger charge is -2.30. The lowest BCUT2D eigenvalue weighted by Crippen LogP contribution is -2.35. The Bertz CT molecular complexity index is 778. The van der Waals surface area contributed by atoms with E-state index in [1.54, 1.807) is 29.2 Å². The second-order valence-electron chi connectivity index (χ2n) is 5.80. The number of fused-ring (bicyclic) bond motifs is 1. The summed E-state index contributed by atoms with van der Waals surface area (Å²) in [5, 5.41) is 0. The highest BCUT2D eigenvalue weighted by atomic mass is 19.3. The minimum Gasteiger partial charge on any atom is -0.435 e. The first-order valence-electron chi connectivity index (χ1n) is 7.71. The number of aryl methyl sites for hydroxylation is 2. The second-order valence-corrected chi connectivity index (χ2v) is 5.80. The zero-order chi connectivity index (χ0) is 17.3. The molecule has 0 saturated carbocycles. The number of amides is 1. The summed E-state index contributed by atoms with van der Waals surface area (Å²) in [6, 6.07) is 9.93. The van der Waals surface area contributed by atoms with Gasteiger partial charge in [0.2, 0.25) is 0 Å². The van der Waals surface area contributed by atoms with Crippen LogP contribution in [-0.2, 0) is 6.42 Å². The first-order valence-corrected chi connectivity index (χ1v) is 7.71. The number of hydrogen-bond donors (Lipinski definition) is 1. The Morgan fingerprint density at radius 3 is 2.79 bits per heavy atom. The van der Waals surface area contributed by atoms with Gasteiger partial charge in [0.15, 0.2) is 0 Å². The molecular formula is C18H18F2N2O2. The number of nitrogen functional groups attached to an aromatic ring is 1. The number of benzene rings is 2. The van der Waals surface area contributed by atoms with Crippen LogP contribution >= 0.6 is 0 Å². The van der Waals surface area contributed by atoms with Gasteiger partial charge in [-0.05, 0) is 61.2 Å². The van der Waals surface area contributed by atoms with Crippen molar-refractivity contribution in [3.63, 3.8) is 0 Å². The summed E-state index contributed by atoms with van der Waals surface area (Å²) in [6.45, 7) is -0.425. The van der Waals surface area contributed by atoms with Crippen LogP contribution in [0.1, 0.15) is 27.9 Å². The number of anilines is 2. The van der Waals surface area contributed by atoms with E-state index in [9.17, 15) is 13.6 Å². The zero-order valence-corrected chi connectivity index (χ0v) is 13.3. The molecule has 1 heterocycles. The summed E-state index contributed by atoms with van der Waals surface area (Å²) in [6.07, 6.45) is 1.48. The second kappa shape index (κ2) is 6.47. The molecule has 0 fully saturated rings. The van der Waals surface area contributed by atoms with Crippen molar-refractivity contribution >= 4 is 17.3 Å². The number of ether oxygens (including phenoxy) is 1. The fourth-order valence-corrected chi connectivity index (χ4v) is 2.98. The third kappa shape index (κ3) is 3.18. The van der Waals surface area contributed by atoms with Gasteiger partial charge in [0.05, 0.1) is 0 Å². The molecule has 1 aliphatic rings. The Morgan fingerprint density at radius 1 is 1.25 bits per heavy atom. The highest BCUT2D eigenvalue weighted by Gasteiger charge is 2.25. The molecule has 0 atom stereocenters. The van der Waals surface area contributed by atoms with Crippen molar-refractivity contribution < 1.29 is 18.3 Å². The van der Waals surface area contributed by atoms with Gasteiger partial charge >= 0.3 is 6.61 Å². The minimum atomic E-state index is -2.86. The normalized spacial score (nSPS) is 13.8. The lowest BCUT2D eigenvalue weighted by atomic mass is 9.99. The third-order valence-electron chi connectivity index (χ3n) is 4.13. The number of carbonyl (C=O) groups is 1. The third-order valence-corrected chi connectivity index (χ3v) is 4.13. The Labute approximate surface area is 138 Å². The lowest BCUT2D eigenvalue weighted by molar-refractivity contribution is -0.0498. The highest BCUT2D eigenvalue weighted by molar-refractivity contribution is 6.08. The predicted octanol–water partition coefficient (Wildman–Crippen LogP) is 3.77. The molecule has 2 N–H and O–H groups in total. The van der Waals surface area contributed by atoms with E-state index in [1.165, 1.54) is 6.07 Å². The quantitative estimate of drug-likeness (QED) is 0.871. The number of carbonyl (C=O) groups excluding carboxylic acids is 1. The molecule has 0 radical (unpaired) electrons. The van der Waals surface area contributed by atoms with Crippen LogP contribution in [0.3, 0.4) is 0 Å². The van der Waals surface area contributed by atoms with Gasteiger partial charge in [0.1, 0.15) is 5.75 Å². The molecule has 0 bridgehead atoms. The monoisotopic (exact) mass is 332 g/mol. The molecular weight excluding hydrogens is 314 g/mol. The molecule has 126 valence electrons. The van der Waals surface area contributed by atoms with Crippen LogP contribution in [0.15, 0.2) is 36.4 Å². The maximum Gasteiger partial charge on any atom is 0.387 e. The summed E-state index contributed by atoms with van der Waals surface area (Å²) in [5.41, 5.74) is 9.28. The van der Waals surface area contributed by atoms with Gasteiger partial charge in [0, 0.05) is 23.5 Å². The van der Waals surface area contributed by atoms with Crippen molar-refractivity contribution in [2.45, 2.75) is 26.4 Å². The smallest absolute Gasteiger partial charge is 0.387 e. The van der Waals surface area contributed by atoms with Crippen molar-refractivity contribution in [2.75, 3.05) is 17.2 Å². The highest BCUT2D eigenvalue weighted by Crippen LogP contribution is 2.32. The molecule has 2 aromatic carbocycles. The Hall–Kier alpha value is -2.63. The van der Waals surface area contributed by atoms with E-state index in [-0.39, 0.29) is 11.7 Å². The molecule has 1 amide bonds. The Kier molecular flexibility index (Phi) is 4.38. The first-order chi connectivity index (χ1) is 11.5. The van der Waals surface area contributed by atoms with E-state index in [0.29, 0.717) is 17.8 Å². The van der Waals surface area contributed by atoms with Gasteiger partial charge in [-0.1, -0.05) is 6.07 Å². The van der Waals surface area contributed by atoms with Gasteiger partial charge in [0.25, 0.3) is 5.91 Å². The van der Waals surface area contributed by atoms with Crippen molar-refractivity contribution in [1.29, 1.82) is 0 Å². The van der Waals surface area contributed by atoms with Crippen molar-refractivity contribution in [3.8, 4) is 5.75 Å². The predicted molar refractivity (Wildman–Crippen MR) is 88.7 cm³/mol. The molecule has 6 heteroatoms. The fourth-order valence-electron chi connectivity index (χ4n) is 2.98. The number of nitrogens with two attached hydrogens (primary N) is 1. The number of hydrogen-bond acceptors (Lipinski definition) is 3. The minimum absolute atomic E-state index is 0.109. The summed E-state index contributed by atoms with van der Waals surface area (Å²) < 4.78 is 29.2. The zero-order valence-electron chi connectivity index (χ0n) is 13.3. The van der Waals surface area contributed by atoms with Gasteiger partial charge < -0.3 is 15.4 Å². The van der Waals surface area contributed by atoms with Crippen molar-refractivity contribution in [3.05, 3.63) is 53.1 Å². The van der Waals surface area contributed by atoms with E-state index >= 15 is 0 Å². The maximum absolute atomic E-state index is 12.9. The summed E-state index contributed by atoms with van der Waals surface area (Å²) in [4.78, 5) is 14.6. The van der Waals surface area contributed by atoms with E-state index in [2.05, 4.69) is 4.74 Å². The largest absolute Gasteiger partial charge is 0.435 e. The molecule has 0 saturated heterocycles. The average Bonchev–Trinajstić information content (AvgIpc) is 2.55. The molecule has 0 aromatic heterocycles. The van der Waals surface area contributed by atoms with Crippen molar-refractivity contribution in [1.82, 2.24) is 0 Å². The first kappa shape index (κ1) is 16.2. The van der Waals surface area contributed by atoms with Gasteiger partial charge in [-0.3, -0.25) is 4.79 Å². The number of rotatable bonds is 3. The van der Waals surface area contributed by atoms with E-state index in [1.807, 2.05) is 13.0 Å². The van der Waals surface area contributed by atoms with Crippen LogP contribution in [0, 0.1) is 6.92 Å². The Morgan fingerprint density at radius 2 is 2.04 bits per heavy atom. The van der Waals surface area contributed by atoms with Gasteiger partial charge in [-0.25, -0.2) is 0 Å². The van der Waals surface area contributed by atoms with E-state index in [0.717, 1.165) is 29.7 Å². The fraction of sp³-hybridized carbons (Fsp3) is 0.278. The van der Waals surface area contributed by atoms with Crippen LogP contribution < -0.4 is 15.4 Å². The molecule has 24 heavy (non-hydrogen) atoms. The SMILES string of the molecule is Cc1ccc(N)cc1C(=O)N1CCCc2cc(OC(F)F)ccc21. The maximum atomic E-state index is 12.9. The molecule has 1 aliphatic heterocycles. The van der Waals surface area contributed by atoms with Gasteiger partial charge in [-0.15, -0.1) is 0 Å². The van der Waals surface area contributed by atoms with Gasteiger partial charge in [-0.2, -0.15) is 8.78 Å². The van der Waals surface area contributed by atoms with Crippen LogP contribution in [0.25, 0.3) is 0 Å². The summed E-state index contributed by atoms with van der Waals surface area (Å²) in [5.74, 6) is -0.0264. The number of halogens is 2. The van der Waals surface area contributed by atoms with Crippen molar-refractivity contribution in [2.24, 2.45) is 0 Å². The molecule has 0 spiro atoms.